The first kappa shape index (κ1) is 14.9. The van der Waals surface area contributed by atoms with E-state index in [1.165, 1.54) is 29.2 Å². The molecule has 1 aromatic rings. The molecule has 1 aromatic carbocycles. The van der Waals surface area contributed by atoms with Crippen molar-refractivity contribution in [3.05, 3.63) is 30.3 Å². The number of sulfonamides is 1. The number of benzene rings is 1. The monoisotopic (exact) mass is 283 g/mol. The smallest absolute Gasteiger partial charge is 0.271 e. The first-order valence-corrected chi connectivity index (χ1v) is 6.36. The topological polar surface area (TPSA) is 55.4 Å². The minimum absolute atomic E-state index is 0.178. The van der Waals surface area contributed by atoms with E-state index in [1.54, 1.807) is 6.07 Å². The van der Waals surface area contributed by atoms with E-state index in [4.69, 9.17) is 0 Å². The number of alkyl halides is 3. The average molecular weight is 283 g/mol. The molecule has 1 rings (SSSR count). The molecule has 0 amide bonds. The van der Waals surface area contributed by atoms with E-state index in [0.717, 1.165) is 13.8 Å². The van der Waals surface area contributed by atoms with Crippen LogP contribution in [0.2, 0.25) is 0 Å². The Morgan fingerprint density at radius 3 is 2.06 bits per heavy atom. The fraction of sp³-hybridized carbons (Fsp3) is 0.400. The molecule has 1 N–H and O–H groups in total. The number of hydrogen-bond acceptors (Lipinski definition) is 3. The maximum atomic E-state index is 12.5. The third-order valence-corrected chi connectivity index (χ3v) is 3.34. The molecule has 102 valence electrons. The van der Waals surface area contributed by atoms with Gasteiger partial charge in [0.15, 0.2) is 5.60 Å². The predicted molar refractivity (Wildman–Crippen MR) is 58.0 cm³/mol. The van der Waals surface area contributed by atoms with E-state index in [1.807, 2.05) is 0 Å². The van der Waals surface area contributed by atoms with Crippen LogP contribution in [0.1, 0.15) is 13.8 Å². The maximum Gasteiger partial charge on any atom is 0.418 e. The van der Waals surface area contributed by atoms with Crippen molar-refractivity contribution >= 4 is 10.0 Å². The second kappa shape index (κ2) is 4.87. The average Bonchev–Trinajstić information content (AvgIpc) is 2.26. The third kappa shape index (κ3) is 3.44. The molecule has 0 aliphatic rings. The second-order valence-corrected chi connectivity index (χ2v) is 5.65. The van der Waals surface area contributed by atoms with Crippen LogP contribution in [0.25, 0.3) is 0 Å². The number of halogens is 3. The zero-order chi connectivity index (χ0) is 14.0. The molecule has 0 saturated carbocycles. The van der Waals surface area contributed by atoms with Crippen molar-refractivity contribution in [3.8, 4) is 0 Å². The Morgan fingerprint density at radius 1 is 1.11 bits per heavy atom. The summed E-state index contributed by atoms with van der Waals surface area (Å²) >= 11 is 0. The van der Waals surface area contributed by atoms with Gasteiger partial charge in [0.2, 0.25) is 0 Å². The minimum Gasteiger partial charge on any atom is -0.271 e. The number of nitrogens with one attached hydrogen (secondary N) is 1. The molecule has 0 spiro atoms. The summed E-state index contributed by atoms with van der Waals surface area (Å²) in [6.07, 6.45) is -4.69. The van der Waals surface area contributed by atoms with Gasteiger partial charge in [0.05, 0.1) is 4.90 Å². The zero-order valence-electron chi connectivity index (χ0n) is 9.65. The Morgan fingerprint density at radius 2 is 1.61 bits per heavy atom. The van der Waals surface area contributed by atoms with E-state index in [-0.39, 0.29) is 4.90 Å². The lowest BCUT2D eigenvalue weighted by Gasteiger charge is -2.27. The Bertz CT molecular complexity index is 497. The SMILES string of the molecule is CC(C)(ONS(=O)(=O)c1ccccc1)C(F)(F)F. The van der Waals surface area contributed by atoms with Crippen molar-refractivity contribution in [2.24, 2.45) is 0 Å². The van der Waals surface area contributed by atoms with Crippen LogP contribution in [0.5, 0.6) is 0 Å². The van der Waals surface area contributed by atoms with E-state index in [9.17, 15) is 21.6 Å². The number of hydrogen-bond donors (Lipinski definition) is 1. The Hall–Kier alpha value is -1.12. The van der Waals surface area contributed by atoms with Crippen LogP contribution in [-0.2, 0) is 14.9 Å². The Kier molecular flexibility index (Phi) is 4.04. The summed E-state index contributed by atoms with van der Waals surface area (Å²) in [5, 5.41) is 0. The zero-order valence-corrected chi connectivity index (χ0v) is 10.5. The summed E-state index contributed by atoms with van der Waals surface area (Å²) in [5.74, 6) is 0. The van der Waals surface area contributed by atoms with Crippen molar-refractivity contribution in [1.29, 1.82) is 0 Å². The van der Waals surface area contributed by atoms with E-state index in [2.05, 4.69) is 4.84 Å². The third-order valence-electron chi connectivity index (χ3n) is 2.14. The van der Waals surface area contributed by atoms with Crippen LogP contribution in [0, 0.1) is 0 Å². The molecule has 0 heterocycles. The van der Waals surface area contributed by atoms with Crippen molar-refractivity contribution in [2.75, 3.05) is 0 Å². The molecule has 18 heavy (non-hydrogen) atoms. The van der Waals surface area contributed by atoms with Crippen LogP contribution >= 0.6 is 0 Å². The molecule has 0 atom stereocenters. The lowest BCUT2D eigenvalue weighted by molar-refractivity contribution is -0.272. The highest BCUT2D eigenvalue weighted by Gasteiger charge is 2.49. The van der Waals surface area contributed by atoms with E-state index >= 15 is 0 Å². The maximum absolute atomic E-state index is 12.5. The Labute approximate surface area is 103 Å². The van der Waals surface area contributed by atoms with Crippen LogP contribution in [0.3, 0.4) is 0 Å². The van der Waals surface area contributed by atoms with Crippen molar-refractivity contribution in [3.63, 3.8) is 0 Å². The van der Waals surface area contributed by atoms with Gasteiger partial charge >= 0.3 is 6.18 Å². The molecular formula is C10H12F3NO3S. The fourth-order valence-corrected chi connectivity index (χ4v) is 1.79. The van der Waals surface area contributed by atoms with Gasteiger partial charge in [0, 0.05) is 0 Å². The van der Waals surface area contributed by atoms with Gasteiger partial charge < -0.3 is 0 Å². The molecule has 4 nitrogen and oxygen atoms in total. The summed E-state index contributed by atoms with van der Waals surface area (Å²) in [6, 6.07) is 6.96. The van der Waals surface area contributed by atoms with Gasteiger partial charge in [-0.25, -0.2) is 8.42 Å². The van der Waals surface area contributed by atoms with Crippen molar-refractivity contribution < 1.29 is 26.4 Å². The van der Waals surface area contributed by atoms with Crippen LogP contribution < -0.4 is 4.89 Å². The normalized spacial score (nSPS) is 13.6. The summed E-state index contributed by atoms with van der Waals surface area (Å²) in [7, 11) is -4.13. The molecule has 0 fully saturated rings. The quantitative estimate of drug-likeness (QED) is 0.862. The summed E-state index contributed by atoms with van der Waals surface area (Å²) in [6.45, 7) is 1.45. The molecule has 0 aromatic heterocycles. The lowest BCUT2D eigenvalue weighted by atomic mass is 10.1. The van der Waals surface area contributed by atoms with Gasteiger partial charge in [-0.1, -0.05) is 23.1 Å². The standard InChI is InChI=1S/C10H12F3NO3S/c1-9(2,10(11,12)13)17-14-18(15,16)8-6-4-3-5-7-8/h3-7,14H,1-2H3. The van der Waals surface area contributed by atoms with Crippen molar-refractivity contribution in [1.82, 2.24) is 4.89 Å². The lowest BCUT2D eigenvalue weighted by Crippen LogP contribution is -2.46. The number of rotatable bonds is 4. The molecule has 8 heteroatoms. The Balaban J connectivity index is 2.82. The molecule has 0 bridgehead atoms. The second-order valence-electron chi connectivity index (χ2n) is 4.01. The van der Waals surface area contributed by atoms with Gasteiger partial charge in [0.1, 0.15) is 0 Å². The predicted octanol–water partition coefficient (Wildman–Crippen LogP) is 2.24. The van der Waals surface area contributed by atoms with Crippen LogP contribution in [0.15, 0.2) is 35.2 Å². The highest BCUT2D eigenvalue weighted by molar-refractivity contribution is 7.89. The largest absolute Gasteiger partial charge is 0.418 e. The van der Waals surface area contributed by atoms with Crippen molar-refractivity contribution in [2.45, 2.75) is 30.5 Å². The molecule has 0 unspecified atom stereocenters. The van der Waals surface area contributed by atoms with Gasteiger partial charge in [-0.05, 0) is 26.0 Å². The molecular weight excluding hydrogens is 271 g/mol. The molecule has 0 aliphatic carbocycles. The first-order chi connectivity index (χ1) is 8.06. The van der Waals surface area contributed by atoms with Crippen LogP contribution in [0.4, 0.5) is 13.2 Å². The van der Waals surface area contributed by atoms with E-state index < -0.39 is 21.8 Å². The summed E-state index contributed by atoms with van der Waals surface area (Å²) in [5.41, 5.74) is -2.62. The highest BCUT2D eigenvalue weighted by atomic mass is 32.2. The minimum atomic E-state index is -4.69. The van der Waals surface area contributed by atoms with Gasteiger partial charge in [0.25, 0.3) is 10.0 Å². The highest BCUT2D eigenvalue weighted by Crippen LogP contribution is 2.32. The summed E-state index contributed by atoms with van der Waals surface area (Å²) < 4.78 is 60.6. The molecule has 0 saturated heterocycles. The van der Waals surface area contributed by atoms with Gasteiger partial charge in [-0.15, -0.1) is 0 Å². The fourth-order valence-electron chi connectivity index (χ4n) is 0.865. The molecule has 0 aliphatic heterocycles. The van der Waals surface area contributed by atoms with Gasteiger partial charge in [-0.3, -0.25) is 4.84 Å². The van der Waals surface area contributed by atoms with Gasteiger partial charge in [-0.2, -0.15) is 13.2 Å². The summed E-state index contributed by atoms with van der Waals surface area (Å²) in [4.78, 5) is 5.55. The molecule has 0 radical (unpaired) electrons. The van der Waals surface area contributed by atoms with E-state index in [0.29, 0.717) is 0 Å². The van der Waals surface area contributed by atoms with Crippen LogP contribution in [-0.4, -0.2) is 20.2 Å². The first-order valence-electron chi connectivity index (χ1n) is 4.88.